The van der Waals surface area contributed by atoms with Crippen molar-refractivity contribution in [1.29, 1.82) is 0 Å². The minimum Gasteiger partial charge on any atom is -0.508 e. The third kappa shape index (κ3) is 2.27. The van der Waals surface area contributed by atoms with Crippen molar-refractivity contribution in [3.8, 4) is 23.0 Å². The quantitative estimate of drug-likeness (QED) is 0.888. The van der Waals surface area contributed by atoms with Gasteiger partial charge < -0.3 is 19.7 Å². The number of phenolic OH excluding ortho intramolecular Hbond substituents is 2. The lowest BCUT2D eigenvalue weighted by molar-refractivity contribution is 0.0894. The molecule has 2 N–H and O–H groups in total. The van der Waals surface area contributed by atoms with Crippen LogP contribution in [0.25, 0.3) is 0 Å². The molecule has 1 aliphatic heterocycles. The van der Waals surface area contributed by atoms with E-state index in [-0.39, 0.29) is 35.4 Å². The van der Waals surface area contributed by atoms with Crippen molar-refractivity contribution in [2.24, 2.45) is 0 Å². The third-order valence-electron chi connectivity index (χ3n) is 3.45. The fourth-order valence-electron chi connectivity index (χ4n) is 2.38. The van der Waals surface area contributed by atoms with E-state index in [9.17, 15) is 15.0 Å². The Morgan fingerprint density at radius 2 is 2.14 bits per heavy atom. The van der Waals surface area contributed by atoms with Crippen LogP contribution < -0.4 is 9.47 Å². The maximum Gasteiger partial charge on any atom is 0.177 e. The van der Waals surface area contributed by atoms with E-state index in [1.807, 2.05) is 0 Å². The van der Waals surface area contributed by atoms with Gasteiger partial charge in [0.25, 0.3) is 0 Å². The van der Waals surface area contributed by atoms with Gasteiger partial charge in [-0.05, 0) is 18.2 Å². The minimum atomic E-state index is -2.63. The van der Waals surface area contributed by atoms with E-state index < -0.39 is 13.0 Å². The molecular formula is C16H14O5. The van der Waals surface area contributed by atoms with E-state index in [1.54, 1.807) is 0 Å². The summed E-state index contributed by atoms with van der Waals surface area (Å²) in [7, 11) is -2.63. The molecule has 0 saturated carbocycles. The van der Waals surface area contributed by atoms with Crippen LogP contribution in [-0.2, 0) is 0 Å². The van der Waals surface area contributed by atoms with Crippen LogP contribution in [0.4, 0.5) is 0 Å². The van der Waals surface area contributed by atoms with Gasteiger partial charge in [-0.1, -0.05) is 6.07 Å². The van der Waals surface area contributed by atoms with Crippen molar-refractivity contribution in [1.82, 2.24) is 0 Å². The topological polar surface area (TPSA) is 76.0 Å². The van der Waals surface area contributed by atoms with Gasteiger partial charge in [-0.2, -0.15) is 0 Å². The van der Waals surface area contributed by atoms with Crippen LogP contribution in [0.1, 0.15) is 26.0 Å². The number of ketones is 1. The predicted molar refractivity (Wildman–Crippen MR) is 75.3 cm³/mol. The number of carbonyl (C=O) groups excluding carboxylic acids is 1. The first-order valence-electron chi connectivity index (χ1n) is 7.76. The summed E-state index contributed by atoms with van der Waals surface area (Å²) in [6.07, 6.45) is 0. The van der Waals surface area contributed by atoms with Crippen molar-refractivity contribution in [2.45, 2.75) is 5.92 Å². The number of aromatic hydroxyl groups is 2. The van der Waals surface area contributed by atoms with Gasteiger partial charge in [0, 0.05) is 17.7 Å². The molecule has 1 aliphatic rings. The molecule has 1 atom stereocenters. The second-order valence-corrected chi connectivity index (χ2v) is 4.73. The molecule has 21 heavy (non-hydrogen) atoms. The van der Waals surface area contributed by atoms with Crippen molar-refractivity contribution in [3.63, 3.8) is 0 Å². The molecule has 3 rings (SSSR count). The molecule has 0 amide bonds. The summed E-state index contributed by atoms with van der Waals surface area (Å²) in [6, 6.07) is 8.17. The van der Waals surface area contributed by atoms with Gasteiger partial charge in [-0.25, -0.2) is 0 Å². The van der Waals surface area contributed by atoms with Gasteiger partial charge in [0.2, 0.25) is 0 Å². The molecule has 0 saturated heterocycles. The summed E-state index contributed by atoms with van der Waals surface area (Å²) in [5.74, 6) is -0.973. The van der Waals surface area contributed by atoms with E-state index in [1.165, 1.54) is 30.3 Å². The fourth-order valence-corrected chi connectivity index (χ4v) is 2.38. The molecule has 0 spiro atoms. The molecular weight excluding hydrogens is 272 g/mol. The molecule has 1 heterocycles. The number of Topliss-reactive ketones (excluding diaryl/α,β-unsaturated/α-hetero) is 1. The molecule has 2 aromatic carbocycles. The summed E-state index contributed by atoms with van der Waals surface area (Å²) < 4.78 is 31.4. The van der Waals surface area contributed by atoms with Gasteiger partial charge in [-0.3, -0.25) is 4.79 Å². The van der Waals surface area contributed by atoms with Crippen molar-refractivity contribution in [3.05, 3.63) is 47.5 Å². The summed E-state index contributed by atoms with van der Waals surface area (Å²) in [6.45, 7) is 0.00230. The third-order valence-corrected chi connectivity index (χ3v) is 3.45. The highest BCUT2D eigenvalue weighted by molar-refractivity contribution is 6.04. The summed E-state index contributed by atoms with van der Waals surface area (Å²) in [5, 5.41) is 19.6. The minimum absolute atomic E-state index is 0.00230. The molecule has 0 aromatic heterocycles. The van der Waals surface area contributed by atoms with E-state index in [2.05, 4.69) is 0 Å². The van der Waals surface area contributed by atoms with Crippen LogP contribution in [0.2, 0.25) is 0 Å². The van der Waals surface area contributed by atoms with Crippen molar-refractivity contribution >= 4 is 5.78 Å². The monoisotopic (exact) mass is 289 g/mol. The van der Waals surface area contributed by atoms with Crippen molar-refractivity contribution < 1.29 is 28.6 Å². The molecule has 0 radical (unpaired) electrons. The number of hydrogen-bond donors (Lipinski definition) is 2. The fraction of sp³-hybridized carbons (Fsp3) is 0.188. The van der Waals surface area contributed by atoms with Gasteiger partial charge >= 0.3 is 0 Å². The lowest BCUT2D eigenvalue weighted by Gasteiger charge is -2.25. The average Bonchev–Trinajstić information content (AvgIpc) is 2.47. The SMILES string of the molecule is [2H]C([2H])([2H])Oc1ccc(C2COc3cc(O)ccc3C2=O)c(O)c1. The van der Waals surface area contributed by atoms with Gasteiger partial charge in [0.05, 0.1) is 22.6 Å². The lowest BCUT2D eigenvalue weighted by atomic mass is 9.88. The van der Waals surface area contributed by atoms with E-state index >= 15 is 0 Å². The smallest absolute Gasteiger partial charge is 0.177 e. The Morgan fingerprint density at radius 3 is 2.90 bits per heavy atom. The normalized spacial score (nSPS) is 19.7. The predicted octanol–water partition coefficient (Wildman–Crippen LogP) is 2.47. The maximum atomic E-state index is 12.6. The molecule has 0 bridgehead atoms. The second kappa shape index (κ2) is 5.01. The number of methoxy groups -OCH3 is 1. The Hall–Kier alpha value is -2.69. The number of ether oxygens (including phenoxy) is 2. The number of benzene rings is 2. The zero-order valence-corrected chi connectivity index (χ0v) is 10.9. The number of rotatable bonds is 2. The van der Waals surface area contributed by atoms with Gasteiger partial charge in [-0.15, -0.1) is 0 Å². The molecule has 2 aromatic rings. The second-order valence-electron chi connectivity index (χ2n) is 4.73. The van der Waals surface area contributed by atoms with Crippen LogP contribution in [-0.4, -0.2) is 29.6 Å². The highest BCUT2D eigenvalue weighted by Crippen LogP contribution is 2.38. The summed E-state index contributed by atoms with van der Waals surface area (Å²) >= 11 is 0. The average molecular weight is 289 g/mol. The number of hydrogen-bond acceptors (Lipinski definition) is 5. The van der Waals surface area contributed by atoms with Crippen LogP contribution in [0.15, 0.2) is 36.4 Å². The van der Waals surface area contributed by atoms with Crippen molar-refractivity contribution in [2.75, 3.05) is 13.6 Å². The Bertz CT molecular complexity index is 801. The zero-order valence-electron chi connectivity index (χ0n) is 13.9. The Morgan fingerprint density at radius 1 is 1.29 bits per heavy atom. The van der Waals surface area contributed by atoms with E-state index in [0.717, 1.165) is 6.07 Å². The summed E-state index contributed by atoms with van der Waals surface area (Å²) in [4.78, 5) is 12.6. The zero-order chi connectivity index (χ0) is 17.5. The van der Waals surface area contributed by atoms with Crippen LogP contribution in [0.5, 0.6) is 23.0 Å². The molecule has 1 unspecified atom stereocenters. The number of fused-ring (bicyclic) bond motifs is 1. The highest BCUT2D eigenvalue weighted by atomic mass is 16.5. The first-order chi connectivity index (χ1) is 11.2. The molecule has 108 valence electrons. The molecule has 5 nitrogen and oxygen atoms in total. The Labute approximate surface area is 125 Å². The first kappa shape index (κ1) is 10.1. The van der Waals surface area contributed by atoms with E-state index in [0.29, 0.717) is 11.1 Å². The highest BCUT2D eigenvalue weighted by Gasteiger charge is 2.32. The van der Waals surface area contributed by atoms with Crippen LogP contribution in [0, 0.1) is 0 Å². The number of carbonyl (C=O) groups is 1. The Kier molecular flexibility index (Phi) is 2.41. The number of phenols is 2. The van der Waals surface area contributed by atoms with E-state index in [4.69, 9.17) is 13.6 Å². The molecule has 0 fully saturated rings. The lowest BCUT2D eigenvalue weighted by Crippen LogP contribution is -2.26. The molecule has 5 heteroatoms. The van der Waals surface area contributed by atoms with Gasteiger partial charge in [0.1, 0.15) is 29.6 Å². The van der Waals surface area contributed by atoms with Crippen LogP contribution in [0.3, 0.4) is 0 Å². The first-order valence-corrected chi connectivity index (χ1v) is 6.26. The largest absolute Gasteiger partial charge is 0.508 e. The summed E-state index contributed by atoms with van der Waals surface area (Å²) in [5.41, 5.74) is 0.628. The van der Waals surface area contributed by atoms with Crippen LogP contribution >= 0.6 is 0 Å². The Balaban J connectivity index is 1.90. The standard InChI is InChI=1S/C16H14O5/c1-20-10-3-5-11(14(18)7-10)13-8-21-15-6-9(17)2-4-12(15)16(13)19/h2-7,13,17-18H,8H2,1H3/i1D3. The maximum absolute atomic E-state index is 12.6. The van der Waals surface area contributed by atoms with Gasteiger partial charge in [0.15, 0.2) is 5.78 Å². The molecule has 0 aliphatic carbocycles.